The van der Waals surface area contributed by atoms with Crippen molar-refractivity contribution in [3.63, 3.8) is 0 Å². The fourth-order valence-electron chi connectivity index (χ4n) is 4.25. The maximum absolute atomic E-state index is 13.3. The van der Waals surface area contributed by atoms with Gasteiger partial charge in [0.1, 0.15) is 23.1 Å². The van der Waals surface area contributed by atoms with E-state index >= 15 is 0 Å². The zero-order valence-electron chi connectivity index (χ0n) is 20.2. The van der Waals surface area contributed by atoms with E-state index < -0.39 is 17.6 Å². The maximum atomic E-state index is 13.3. The summed E-state index contributed by atoms with van der Waals surface area (Å²) in [6.45, 7) is 1.41. The van der Waals surface area contributed by atoms with Gasteiger partial charge in [0.25, 0.3) is 0 Å². The quantitative estimate of drug-likeness (QED) is 0.260. The van der Waals surface area contributed by atoms with Gasteiger partial charge in [0, 0.05) is 36.7 Å². The number of Topliss-reactive ketones (excluding diaryl/α,β-unsaturated/α-hetero) is 1. The first-order chi connectivity index (χ1) is 16.8. The van der Waals surface area contributed by atoms with Crippen LogP contribution in [0.2, 0.25) is 0 Å². The van der Waals surface area contributed by atoms with Crippen LogP contribution < -0.4 is 20.9 Å². The lowest BCUT2D eigenvalue weighted by atomic mass is 9.95. The van der Waals surface area contributed by atoms with Crippen molar-refractivity contribution in [3.05, 3.63) is 59.7 Å². The molecule has 0 saturated carbocycles. The van der Waals surface area contributed by atoms with Crippen LogP contribution in [-0.4, -0.2) is 61.5 Å². The molecular weight excluding hydrogens is 470 g/mol. The molecule has 0 aliphatic carbocycles. The van der Waals surface area contributed by atoms with Crippen LogP contribution in [0.5, 0.6) is 11.5 Å². The minimum absolute atomic E-state index is 0.137. The molecule has 8 nitrogen and oxygen atoms in total. The van der Waals surface area contributed by atoms with Gasteiger partial charge in [-0.2, -0.15) is 0 Å². The molecule has 3 rings (SSSR count). The van der Waals surface area contributed by atoms with Crippen LogP contribution in [-0.2, 0) is 16.1 Å². The van der Waals surface area contributed by atoms with Gasteiger partial charge in [0.2, 0.25) is 5.91 Å². The first-order valence-corrected chi connectivity index (χ1v) is 12.1. The summed E-state index contributed by atoms with van der Waals surface area (Å²) >= 11 is 6.71. The molecular formula is C26H34ClN3O5. The summed E-state index contributed by atoms with van der Waals surface area (Å²) in [4.78, 5) is 26.8. The van der Waals surface area contributed by atoms with Crippen LogP contribution in [0.4, 0.5) is 0 Å². The number of ketones is 1. The zero-order chi connectivity index (χ0) is 25.4. The molecule has 1 aliphatic rings. The van der Waals surface area contributed by atoms with Crippen molar-refractivity contribution >= 4 is 23.3 Å². The number of ether oxygens (including phenoxy) is 3. The Hall–Kier alpha value is -2.65. The topological polar surface area (TPSA) is 117 Å². The Bertz CT molecular complexity index is 960. The van der Waals surface area contributed by atoms with E-state index in [1.54, 1.807) is 32.4 Å². The summed E-state index contributed by atoms with van der Waals surface area (Å²) < 4.78 is 16.8. The molecule has 0 aromatic heterocycles. The first-order valence-electron chi connectivity index (χ1n) is 11.7. The molecule has 1 saturated heterocycles. The molecule has 0 radical (unpaired) electrons. The monoisotopic (exact) mass is 503 g/mol. The van der Waals surface area contributed by atoms with E-state index in [4.69, 9.17) is 37.3 Å². The second-order valence-electron chi connectivity index (χ2n) is 8.74. The van der Waals surface area contributed by atoms with Crippen molar-refractivity contribution < 1.29 is 23.8 Å². The summed E-state index contributed by atoms with van der Waals surface area (Å²) in [5.41, 5.74) is 12.8. The Labute approximate surface area is 211 Å². The Kier molecular flexibility index (Phi) is 9.92. The van der Waals surface area contributed by atoms with Gasteiger partial charge in [-0.1, -0.05) is 30.3 Å². The van der Waals surface area contributed by atoms with E-state index in [-0.39, 0.29) is 30.6 Å². The third-order valence-electron chi connectivity index (χ3n) is 6.33. The number of halogens is 1. The number of benzene rings is 2. The summed E-state index contributed by atoms with van der Waals surface area (Å²) in [6.07, 6.45) is 0.727. The first kappa shape index (κ1) is 26.9. The predicted octanol–water partition coefficient (Wildman–Crippen LogP) is 2.95. The fraction of sp³-hybridized carbons (Fsp3) is 0.462. The number of hydrogen-bond donors (Lipinski definition) is 2. The third kappa shape index (κ3) is 7.41. The zero-order valence-corrected chi connectivity index (χ0v) is 20.9. The standard InChI is InChI=1S/C26H34ClN3O5/c1-33-20-12-17(13-21(14-20)34-2)16-35-23(24(31)18-6-4-3-5-7-18)15-22(28)25(27)30-10-8-19(9-11-30)26(29)32/h3-7,12-14,19,22-23,25H,8-11,15-16,28H2,1-2H3,(H2,29,32). The number of rotatable bonds is 12. The summed E-state index contributed by atoms with van der Waals surface area (Å²) in [6, 6.07) is 13.9. The number of alkyl halides is 1. The smallest absolute Gasteiger partial charge is 0.220 e. The van der Waals surface area contributed by atoms with Crippen LogP contribution in [0.25, 0.3) is 0 Å². The van der Waals surface area contributed by atoms with E-state index in [2.05, 4.69) is 0 Å². The van der Waals surface area contributed by atoms with Crippen molar-refractivity contribution in [2.24, 2.45) is 17.4 Å². The highest BCUT2D eigenvalue weighted by Crippen LogP contribution is 2.26. The number of primary amides is 1. The molecule has 0 spiro atoms. The molecule has 2 aromatic carbocycles. The van der Waals surface area contributed by atoms with Gasteiger partial charge >= 0.3 is 0 Å². The average molecular weight is 504 g/mol. The molecule has 1 amide bonds. The van der Waals surface area contributed by atoms with Crippen LogP contribution >= 0.6 is 11.6 Å². The molecule has 3 atom stereocenters. The normalized spacial score (nSPS) is 17.4. The summed E-state index contributed by atoms with van der Waals surface area (Å²) in [5, 5.41) is 0. The molecule has 1 heterocycles. The van der Waals surface area contributed by atoms with Crippen LogP contribution in [0, 0.1) is 5.92 Å². The van der Waals surface area contributed by atoms with Gasteiger partial charge in [-0.15, -0.1) is 11.6 Å². The van der Waals surface area contributed by atoms with E-state index in [9.17, 15) is 9.59 Å². The number of methoxy groups -OCH3 is 2. The number of carbonyl (C=O) groups excluding carboxylic acids is 2. The minimum Gasteiger partial charge on any atom is -0.497 e. The predicted molar refractivity (Wildman–Crippen MR) is 135 cm³/mol. The highest BCUT2D eigenvalue weighted by Gasteiger charge is 2.32. The molecule has 1 aliphatic heterocycles. The molecule has 9 heteroatoms. The van der Waals surface area contributed by atoms with Crippen LogP contribution in [0.3, 0.4) is 0 Å². The number of likely N-dealkylation sites (tertiary alicyclic amines) is 1. The second-order valence-corrected chi connectivity index (χ2v) is 9.18. The van der Waals surface area contributed by atoms with E-state index in [0.717, 1.165) is 5.56 Å². The number of amides is 1. The Morgan fingerprint density at radius 3 is 2.20 bits per heavy atom. The molecule has 3 unspecified atom stereocenters. The minimum atomic E-state index is -0.797. The summed E-state index contributed by atoms with van der Waals surface area (Å²) in [7, 11) is 3.15. The largest absolute Gasteiger partial charge is 0.497 e. The van der Waals surface area contributed by atoms with Crippen molar-refractivity contribution in [1.82, 2.24) is 4.90 Å². The lowest BCUT2D eigenvalue weighted by Crippen LogP contribution is -2.50. The van der Waals surface area contributed by atoms with Gasteiger partial charge in [-0.05, 0) is 37.0 Å². The van der Waals surface area contributed by atoms with Crippen LogP contribution in [0.1, 0.15) is 35.2 Å². The molecule has 35 heavy (non-hydrogen) atoms. The maximum Gasteiger partial charge on any atom is 0.220 e. The fourth-order valence-corrected chi connectivity index (χ4v) is 4.54. The van der Waals surface area contributed by atoms with Gasteiger partial charge in [0.05, 0.1) is 20.8 Å². The van der Waals surface area contributed by atoms with Gasteiger partial charge < -0.3 is 25.7 Å². The number of piperidine rings is 1. The van der Waals surface area contributed by atoms with Crippen molar-refractivity contribution in [3.8, 4) is 11.5 Å². The lowest BCUT2D eigenvalue weighted by molar-refractivity contribution is -0.123. The van der Waals surface area contributed by atoms with E-state index in [0.29, 0.717) is 43.0 Å². The van der Waals surface area contributed by atoms with Crippen LogP contribution in [0.15, 0.2) is 48.5 Å². The number of carbonyl (C=O) groups is 2. The van der Waals surface area contributed by atoms with Gasteiger partial charge in [-0.3, -0.25) is 14.5 Å². The Balaban J connectivity index is 1.71. The van der Waals surface area contributed by atoms with E-state index in [1.165, 1.54) is 0 Å². The van der Waals surface area contributed by atoms with Crippen molar-refractivity contribution in [2.75, 3.05) is 27.3 Å². The molecule has 4 N–H and O–H groups in total. The summed E-state index contributed by atoms with van der Waals surface area (Å²) in [5.74, 6) is 0.682. The molecule has 2 aromatic rings. The molecule has 0 bridgehead atoms. The highest BCUT2D eigenvalue weighted by atomic mass is 35.5. The molecule has 1 fully saturated rings. The third-order valence-corrected chi connectivity index (χ3v) is 6.93. The van der Waals surface area contributed by atoms with Crippen molar-refractivity contribution in [2.45, 2.75) is 43.5 Å². The Morgan fingerprint density at radius 2 is 1.66 bits per heavy atom. The lowest BCUT2D eigenvalue weighted by Gasteiger charge is -2.36. The number of nitrogens with two attached hydrogens (primary N) is 2. The number of nitrogens with zero attached hydrogens (tertiary/aromatic N) is 1. The van der Waals surface area contributed by atoms with E-state index in [1.807, 2.05) is 35.2 Å². The van der Waals surface area contributed by atoms with Gasteiger partial charge in [0.15, 0.2) is 5.78 Å². The second kappa shape index (κ2) is 12.9. The number of hydrogen-bond acceptors (Lipinski definition) is 7. The van der Waals surface area contributed by atoms with Gasteiger partial charge in [-0.25, -0.2) is 0 Å². The average Bonchev–Trinajstić information content (AvgIpc) is 2.90. The molecule has 190 valence electrons. The highest BCUT2D eigenvalue weighted by molar-refractivity contribution is 6.20. The van der Waals surface area contributed by atoms with Crippen molar-refractivity contribution in [1.29, 1.82) is 0 Å². The SMILES string of the molecule is COc1cc(COC(CC(N)C(Cl)N2CCC(C(N)=O)CC2)C(=O)c2ccccc2)cc(OC)c1. The Morgan fingerprint density at radius 1 is 1.06 bits per heavy atom.